The van der Waals surface area contributed by atoms with Gasteiger partial charge in [-0.2, -0.15) is 4.57 Å². The summed E-state index contributed by atoms with van der Waals surface area (Å²) < 4.78 is 7.03. The van der Waals surface area contributed by atoms with E-state index in [0.29, 0.717) is 12.1 Å². The summed E-state index contributed by atoms with van der Waals surface area (Å²) in [5, 5.41) is 0. The molecule has 2 aromatic rings. The van der Waals surface area contributed by atoms with Crippen LogP contribution in [0.4, 0.5) is 0 Å². The van der Waals surface area contributed by atoms with Crippen LogP contribution in [0.1, 0.15) is 42.1 Å². The Morgan fingerprint density at radius 3 is 2.32 bits per heavy atom. The second kappa shape index (κ2) is 8.32. The van der Waals surface area contributed by atoms with Crippen LogP contribution in [-0.2, 0) is 13.0 Å². The number of hydrogen-bond donors (Lipinski definition) is 0. The highest BCUT2D eigenvalue weighted by atomic mass is 16.5. The van der Waals surface area contributed by atoms with Crippen molar-refractivity contribution in [2.24, 2.45) is 0 Å². The van der Waals surface area contributed by atoms with Gasteiger partial charge in [-0.1, -0.05) is 19.8 Å². The Morgan fingerprint density at radius 1 is 1.05 bits per heavy atom. The normalized spacial score (nSPS) is 10.5. The van der Waals surface area contributed by atoms with Gasteiger partial charge >= 0.3 is 0 Å². The van der Waals surface area contributed by atoms with Gasteiger partial charge < -0.3 is 4.74 Å². The van der Waals surface area contributed by atoms with Gasteiger partial charge in [0.25, 0.3) is 0 Å². The van der Waals surface area contributed by atoms with Crippen molar-refractivity contribution in [3.63, 3.8) is 0 Å². The Morgan fingerprint density at radius 2 is 1.73 bits per heavy atom. The number of carbonyl (C=O) groups excluding carboxylic acids is 1. The minimum atomic E-state index is 0.103. The van der Waals surface area contributed by atoms with E-state index in [9.17, 15) is 4.79 Å². The van der Waals surface area contributed by atoms with Crippen molar-refractivity contribution < 1.29 is 14.1 Å². The molecule has 0 saturated heterocycles. The molecule has 0 saturated carbocycles. The first-order valence-corrected chi connectivity index (χ1v) is 7.88. The van der Waals surface area contributed by atoms with Crippen LogP contribution < -0.4 is 9.30 Å². The molecule has 0 aliphatic carbocycles. The topological polar surface area (TPSA) is 30.2 Å². The molecule has 0 bridgehead atoms. The highest BCUT2D eigenvalue weighted by Gasteiger charge is 2.12. The molecule has 3 nitrogen and oxygen atoms in total. The molecule has 0 atom stereocenters. The highest BCUT2D eigenvalue weighted by molar-refractivity contribution is 5.95. The minimum Gasteiger partial charge on any atom is -0.497 e. The van der Waals surface area contributed by atoms with Crippen molar-refractivity contribution in [1.29, 1.82) is 0 Å². The second-order valence-electron chi connectivity index (χ2n) is 5.49. The lowest BCUT2D eigenvalue weighted by Gasteiger charge is -2.02. The zero-order valence-corrected chi connectivity index (χ0v) is 13.4. The van der Waals surface area contributed by atoms with Gasteiger partial charge in [0.1, 0.15) is 5.75 Å². The Hall–Kier alpha value is -2.16. The molecule has 116 valence electrons. The Kier molecular flexibility index (Phi) is 6.13. The van der Waals surface area contributed by atoms with E-state index < -0.39 is 0 Å². The van der Waals surface area contributed by atoms with E-state index in [2.05, 4.69) is 19.1 Å². The summed E-state index contributed by atoms with van der Waals surface area (Å²) >= 11 is 0. The fourth-order valence-corrected chi connectivity index (χ4v) is 2.37. The number of Topliss-reactive ketones (excluding diaryl/α,β-unsaturated/α-hetero) is 1. The summed E-state index contributed by atoms with van der Waals surface area (Å²) in [5.74, 6) is 0.868. The van der Waals surface area contributed by atoms with Gasteiger partial charge in [0.15, 0.2) is 12.4 Å². The number of methoxy groups -OCH3 is 1. The van der Waals surface area contributed by atoms with Gasteiger partial charge in [-0.3, -0.25) is 4.79 Å². The van der Waals surface area contributed by atoms with Crippen molar-refractivity contribution in [3.8, 4) is 5.75 Å². The number of pyridine rings is 1. The summed E-state index contributed by atoms with van der Waals surface area (Å²) in [6.45, 7) is 2.57. The van der Waals surface area contributed by atoms with Gasteiger partial charge in [-0.05, 0) is 42.7 Å². The van der Waals surface area contributed by atoms with Crippen LogP contribution >= 0.6 is 0 Å². The molecule has 0 spiro atoms. The van der Waals surface area contributed by atoms with Gasteiger partial charge in [0.2, 0.25) is 12.3 Å². The first kappa shape index (κ1) is 16.2. The van der Waals surface area contributed by atoms with Gasteiger partial charge in [-0.15, -0.1) is 0 Å². The summed E-state index contributed by atoms with van der Waals surface area (Å²) in [4.78, 5) is 12.2. The predicted octanol–water partition coefficient (Wildman–Crippen LogP) is 3.60. The molecule has 3 heteroatoms. The largest absolute Gasteiger partial charge is 0.497 e. The van der Waals surface area contributed by atoms with E-state index in [1.165, 1.54) is 24.8 Å². The minimum absolute atomic E-state index is 0.103. The number of aromatic nitrogens is 1. The van der Waals surface area contributed by atoms with Crippen LogP contribution in [0.15, 0.2) is 48.8 Å². The second-order valence-corrected chi connectivity index (χ2v) is 5.49. The molecule has 0 amide bonds. The van der Waals surface area contributed by atoms with E-state index >= 15 is 0 Å². The molecule has 0 aliphatic heterocycles. The summed E-state index contributed by atoms with van der Waals surface area (Å²) in [6, 6.07) is 11.5. The number of ketones is 1. The zero-order chi connectivity index (χ0) is 15.8. The lowest BCUT2D eigenvalue weighted by molar-refractivity contribution is -0.683. The first-order chi connectivity index (χ1) is 10.7. The van der Waals surface area contributed by atoms with Crippen molar-refractivity contribution in [2.45, 2.75) is 39.2 Å². The summed E-state index contributed by atoms with van der Waals surface area (Å²) in [6.07, 6.45) is 8.83. The summed E-state index contributed by atoms with van der Waals surface area (Å²) in [7, 11) is 1.62. The van der Waals surface area contributed by atoms with Gasteiger partial charge in [0, 0.05) is 17.7 Å². The average molecular weight is 298 g/mol. The van der Waals surface area contributed by atoms with E-state index in [1.54, 1.807) is 19.2 Å². The van der Waals surface area contributed by atoms with E-state index in [1.807, 2.05) is 29.1 Å². The van der Waals surface area contributed by atoms with Crippen LogP contribution in [-0.4, -0.2) is 12.9 Å². The molecule has 1 heterocycles. The van der Waals surface area contributed by atoms with Gasteiger partial charge in [0.05, 0.1) is 7.11 Å². The van der Waals surface area contributed by atoms with Crippen LogP contribution in [0.3, 0.4) is 0 Å². The number of carbonyl (C=O) groups is 1. The molecule has 0 unspecified atom stereocenters. The van der Waals surface area contributed by atoms with Crippen LogP contribution in [0, 0.1) is 0 Å². The Bertz CT molecular complexity index is 588. The molecule has 0 fully saturated rings. The molecule has 1 aromatic carbocycles. The van der Waals surface area contributed by atoms with Crippen molar-refractivity contribution in [1.82, 2.24) is 0 Å². The maximum atomic E-state index is 12.2. The molecule has 22 heavy (non-hydrogen) atoms. The van der Waals surface area contributed by atoms with Crippen LogP contribution in [0.2, 0.25) is 0 Å². The fraction of sp³-hybridized carbons (Fsp3) is 0.368. The number of benzene rings is 1. The highest BCUT2D eigenvalue weighted by Crippen LogP contribution is 2.11. The molecule has 0 radical (unpaired) electrons. The quantitative estimate of drug-likeness (QED) is 0.423. The number of ether oxygens (including phenoxy) is 1. The van der Waals surface area contributed by atoms with E-state index in [4.69, 9.17) is 4.74 Å². The fourth-order valence-electron chi connectivity index (χ4n) is 2.37. The van der Waals surface area contributed by atoms with Crippen LogP contribution in [0.5, 0.6) is 5.75 Å². The third-order valence-electron chi connectivity index (χ3n) is 3.77. The number of aryl methyl sites for hydroxylation is 1. The third kappa shape index (κ3) is 4.69. The van der Waals surface area contributed by atoms with Crippen molar-refractivity contribution in [2.75, 3.05) is 7.11 Å². The third-order valence-corrected chi connectivity index (χ3v) is 3.77. The number of hydrogen-bond acceptors (Lipinski definition) is 2. The average Bonchev–Trinajstić information content (AvgIpc) is 2.57. The smallest absolute Gasteiger partial charge is 0.227 e. The lowest BCUT2D eigenvalue weighted by Crippen LogP contribution is -2.37. The number of nitrogens with zero attached hydrogens (tertiary/aromatic N) is 1. The van der Waals surface area contributed by atoms with E-state index in [-0.39, 0.29) is 5.78 Å². The van der Waals surface area contributed by atoms with Gasteiger partial charge in [-0.25, -0.2) is 0 Å². The molecule has 0 aliphatic rings. The molecular weight excluding hydrogens is 274 g/mol. The Labute approximate surface area is 132 Å². The SMILES string of the molecule is CCCCCc1cc[n+](CC(=O)c2ccc(OC)cc2)cc1. The standard InChI is InChI=1S/C19H24NO2/c1-3-4-5-6-16-11-13-20(14-12-16)15-19(21)17-7-9-18(22-2)10-8-17/h7-14H,3-6,15H2,1-2H3/q+1. The maximum Gasteiger partial charge on any atom is 0.227 e. The lowest BCUT2D eigenvalue weighted by atomic mass is 10.1. The zero-order valence-electron chi connectivity index (χ0n) is 13.4. The molecule has 0 N–H and O–H groups in total. The van der Waals surface area contributed by atoms with Crippen LogP contribution in [0.25, 0.3) is 0 Å². The van der Waals surface area contributed by atoms with E-state index in [0.717, 1.165) is 12.2 Å². The molecule has 1 aromatic heterocycles. The Balaban J connectivity index is 1.93. The molecular formula is C19H24NO2+. The van der Waals surface area contributed by atoms with Crippen molar-refractivity contribution >= 4 is 5.78 Å². The molecule has 2 rings (SSSR count). The van der Waals surface area contributed by atoms with Crippen molar-refractivity contribution in [3.05, 3.63) is 59.9 Å². The monoisotopic (exact) mass is 298 g/mol. The summed E-state index contributed by atoms with van der Waals surface area (Å²) in [5.41, 5.74) is 2.04. The maximum absolute atomic E-state index is 12.2. The number of rotatable bonds is 8. The number of unbranched alkanes of at least 4 members (excludes halogenated alkanes) is 2. The predicted molar refractivity (Wildman–Crippen MR) is 87.2 cm³/mol. The first-order valence-electron chi connectivity index (χ1n) is 7.88.